The van der Waals surface area contributed by atoms with E-state index in [4.69, 9.17) is 4.74 Å². The van der Waals surface area contributed by atoms with E-state index in [1.54, 1.807) is 17.0 Å². The predicted octanol–water partition coefficient (Wildman–Crippen LogP) is 4.22. The molecule has 2 aromatic rings. The van der Waals surface area contributed by atoms with Gasteiger partial charge in [0, 0.05) is 49.3 Å². The molecule has 2 fully saturated rings. The fourth-order valence-corrected chi connectivity index (χ4v) is 6.02. The maximum Gasteiger partial charge on any atom is 0.405 e. The average Bonchev–Trinajstić information content (AvgIpc) is 2.93. The van der Waals surface area contributed by atoms with Crippen LogP contribution in [0.4, 0.5) is 9.18 Å². The third kappa shape index (κ3) is 7.93. The number of benzene rings is 2. The molecule has 2 aliphatic rings. The minimum atomic E-state index is -1.17. The van der Waals surface area contributed by atoms with Crippen LogP contribution in [0.5, 0.6) is 5.75 Å². The third-order valence-corrected chi connectivity index (χ3v) is 8.52. The van der Waals surface area contributed by atoms with E-state index >= 15 is 0 Å². The van der Waals surface area contributed by atoms with E-state index in [2.05, 4.69) is 37.1 Å². The summed E-state index contributed by atoms with van der Waals surface area (Å²) in [7, 11) is 0. The summed E-state index contributed by atoms with van der Waals surface area (Å²) in [5.41, 5.74) is 1.79. The molecular weight excluding hydrogens is 567 g/mol. The molecule has 2 aromatic carbocycles. The Morgan fingerprint density at radius 3 is 2.44 bits per heavy atom. The van der Waals surface area contributed by atoms with Gasteiger partial charge in [-0.05, 0) is 69.0 Å². The highest BCUT2D eigenvalue weighted by molar-refractivity contribution is 9.10. The smallest absolute Gasteiger partial charge is 0.405 e. The SMILES string of the molecule is CCOc1cccc(F)c1CN1CCN(C(=O)[C@H](NC(=O)O)C2CCN(CCc3ccccc3Br)CC2)CC1. The number of nitrogens with zero attached hydrogens (tertiary/aromatic N) is 3. The summed E-state index contributed by atoms with van der Waals surface area (Å²) in [6.07, 6.45) is 1.29. The normalized spacial score (nSPS) is 18.1. The van der Waals surface area contributed by atoms with Crippen LogP contribution in [0.1, 0.15) is 30.9 Å². The van der Waals surface area contributed by atoms with Crippen molar-refractivity contribution in [1.29, 1.82) is 0 Å². The summed E-state index contributed by atoms with van der Waals surface area (Å²) in [6.45, 7) is 7.43. The van der Waals surface area contributed by atoms with Crippen LogP contribution in [0.2, 0.25) is 0 Å². The van der Waals surface area contributed by atoms with Crippen LogP contribution in [0, 0.1) is 11.7 Å². The number of hydrogen-bond acceptors (Lipinski definition) is 5. The molecule has 0 radical (unpaired) electrons. The highest BCUT2D eigenvalue weighted by Gasteiger charge is 2.36. The zero-order valence-corrected chi connectivity index (χ0v) is 24.0. The Labute approximate surface area is 238 Å². The average molecular weight is 606 g/mol. The number of carbonyl (C=O) groups excluding carboxylic acids is 1. The molecule has 10 heteroatoms. The molecule has 2 aliphatic heterocycles. The van der Waals surface area contributed by atoms with E-state index in [0.717, 1.165) is 43.4 Å². The second-order valence-corrected chi connectivity index (χ2v) is 11.1. The quantitative estimate of drug-likeness (QED) is 0.422. The van der Waals surface area contributed by atoms with Crippen LogP contribution in [0.25, 0.3) is 0 Å². The van der Waals surface area contributed by atoms with Crippen LogP contribution in [-0.2, 0) is 17.8 Å². The Morgan fingerprint density at radius 1 is 1.05 bits per heavy atom. The fourth-order valence-electron chi connectivity index (χ4n) is 5.53. The first-order valence-electron chi connectivity index (χ1n) is 13.7. The Kier molecular flexibility index (Phi) is 10.6. The minimum Gasteiger partial charge on any atom is -0.493 e. The first-order chi connectivity index (χ1) is 18.9. The number of piperidine rings is 1. The molecule has 2 heterocycles. The van der Waals surface area contributed by atoms with Gasteiger partial charge in [-0.3, -0.25) is 9.69 Å². The number of halogens is 2. The lowest BCUT2D eigenvalue weighted by Gasteiger charge is -2.40. The predicted molar refractivity (Wildman–Crippen MR) is 151 cm³/mol. The zero-order valence-electron chi connectivity index (χ0n) is 22.5. The lowest BCUT2D eigenvalue weighted by molar-refractivity contribution is -0.137. The van der Waals surface area contributed by atoms with Gasteiger partial charge >= 0.3 is 6.09 Å². The Morgan fingerprint density at radius 2 is 1.77 bits per heavy atom. The molecule has 2 saturated heterocycles. The molecular formula is C29H38BrFN4O4. The van der Waals surface area contributed by atoms with E-state index in [0.29, 0.717) is 50.6 Å². The van der Waals surface area contributed by atoms with Crippen molar-refractivity contribution in [2.75, 3.05) is 52.4 Å². The topological polar surface area (TPSA) is 85.3 Å². The summed E-state index contributed by atoms with van der Waals surface area (Å²) < 4.78 is 21.2. The number of ether oxygens (including phenoxy) is 1. The number of likely N-dealkylation sites (tertiary alicyclic amines) is 1. The highest BCUT2D eigenvalue weighted by Crippen LogP contribution is 2.26. The van der Waals surface area contributed by atoms with E-state index in [1.165, 1.54) is 11.6 Å². The van der Waals surface area contributed by atoms with Gasteiger partial charge in [-0.1, -0.05) is 40.2 Å². The van der Waals surface area contributed by atoms with Gasteiger partial charge in [-0.15, -0.1) is 0 Å². The Balaban J connectivity index is 1.30. The Bertz CT molecular complexity index is 1120. The van der Waals surface area contributed by atoms with Crippen LogP contribution < -0.4 is 10.1 Å². The molecule has 212 valence electrons. The number of rotatable bonds is 10. The first kappa shape index (κ1) is 29.3. The lowest BCUT2D eigenvalue weighted by Crippen LogP contribution is -2.58. The van der Waals surface area contributed by atoms with Crippen molar-refractivity contribution < 1.29 is 23.8 Å². The van der Waals surface area contributed by atoms with Gasteiger partial charge in [-0.25, -0.2) is 9.18 Å². The number of hydrogen-bond donors (Lipinski definition) is 2. The van der Waals surface area contributed by atoms with Crippen molar-refractivity contribution in [2.45, 2.75) is 38.8 Å². The van der Waals surface area contributed by atoms with Gasteiger partial charge < -0.3 is 25.0 Å². The van der Waals surface area contributed by atoms with E-state index < -0.39 is 12.1 Å². The van der Waals surface area contributed by atoms with Gasteiger partial charge in [-0.2, -0.15) is 0 Å². The third-order valence-electron chi connectivity index (χ3n) is 7.75. The molecule has 0 bridgehead atoms. The molecule has 0 unspecified atom stereocenters. The standard InChI is InChI=1S/C29H38BrFN4O4/c1-2-39-26-9-5-8-25(31)23(26)20-34-16-18-35(19-17-34)28(36)27(32-29(37)38)22-11-14-33(15-12-22)13-10-21-6-3-4-7-24(21)30/h3-9,22,27,32H,2,10-20H2,1H3,(H,37,38)/t27-/m1/s1. The molecule has 0 aliphatic carbocycles. The number of nitrogens with one attached hydrogen (secondary N) is 1. The minimum absolute atomic E-state index is 0.0430. The first-order valence-corrected chi connectivity index (χ1v) is 14.5. The number of piperazine rings is 1. The Hall–Kier alpha value is -2.69. The van der Waals surface area contributed by atoms with Gasteiger partial charge in [0.15, 0.2) is 0 Å². The summed E-state index contributed by atoms with van der Waals surface area (Å²) >= 11 is 3.61. The van der Waals surface area contributed by atoms with Crippen LogP contribution in [0.3, 0.4) is 0 Å². The summed E-state index contributed by atoms with van der Waals surface area (Å²) in [5, 5.41) is 12.0. The molecule has 4 rings (SSSR count). The second kappa shape index (κ2) is 14.1. The van der Waals surface area contributed by atoms with Gasteiger partial charge in [0.2, 0.25) is 5.91 Å². The molecule has 2 amide bonds. The summed E-state index contributed by atoms with van der Waals surface area (Å²) in [4.78, 5) is 31.4. The largest absolute Gasteiger partial charge is 0.493 e. The molecule has 1 atom stereocenters. The molecule has 0 spiro atoms. The molecule has 0 aromatic heterocycles. The lowest BCUT2D eigenvalue weighted by atomic mass is 9.88. The monoisotopic (exact) mass is 604 g/mol. The van der Waals surface area contributed by atoms with Crippen molar-refractivity contribution in [3.05, 3.63) is 63.9 Å². The van der Waals surface area contributed by atoms with Crippen LogP contribution >= 0.6 is 15.9 Å². The van der Waals surface area contributed by atoms with E-state index in [9.17, 15) is 19.1 Å². The molecule has 0 saturated carbocycles. The number of carboxylic acid groups (broad SMARTS) is 1. The zero-order chi connectivity index (χ0) is 27.8. The van der Waals surface area contributed by atoms with Crippen molar-refractivity contribution in [1.82, 2.24) is 20.0 Å². The van der Waals surface area contributed by atoms with Crippen molar-refractivity contribution >= 4 is 27.9 Å². The van der Waals surface area contributed by atoms with Crippen LogP contribution in [0.15, 0.2) is 46.9 Å². The maximum atomic E-state index is 14.5. The summed E-state index contributed by atoms with van der Waals surface area (Å²) in [5.74, 6) is 0.0421. The maximum absolute atomic E-state index is 14.5. The highest BCUT2D eigenvalue weighted by atomic mass is 79.9. The van der Waals surface area contributed by atoms with Crippen molar-refractivity contribution in [3.8, 4) is 5.75 Å². The number of amides is 2. The van der Waals surface area contributed by atoms with Gasteiger partial charge in [0.1, 0.15) is 17.6 Å². The van der Waals surface area contributed by atoms with Gasteiger partial charge in [0.25, 0.3) is 0 Å². The van der Waals surface area contributed by atoms with E-state index in [-0.39, 0.29) is 17.6 Å². The molecule has 39 heavy (non-hydrogen) atoms. The van der Waals surface area contributed by atoms with Gasteiger partial charge in [0.05, 0.1) is 6.61 Å². The molecule has 2 N–H and O–H groups in total. The van der Waals surface area contributed by atoms with Crippen molar-refractivity contribution in [3.63, 3.8) is 0 Å². The molecule has 8 nitrogen and oxygen atoms in total. The van der Waals surface area contributed by atoms with Crippen molar-refractivity contribution in [2.24, 2.45) is 5.92 Å². The fraction of sp³-hybridized carbons (Fsp3) is 0.517. The number of carbonyl (C=O) groups is 2. The van der Waals surface area contributed by atoms with E-state index in [1.807, 2.05) is 25.1 Å². The second-order valence-electron chi connectivity index (χ2n) is 10.2. The summed E-state index contributed by atoms with van der Waals surface area (Å²) in [6, 6.07) is 12.3. The van der Waals surface area contributed by atoms with Crippen LogP contribution in [-0.4, -0.2) is 90.3 Å².